The standard InChI is InChI=1S/C20H24O6S2/c1-15-7-11-17(12-8-15)27(21,22)25-19-5-3-4-6-20(19)26-28(23,24)18-13-9-16(2)10-14-18/h7-14,19-20H,3-6H2,1-2H3/t19-,20-/m1/s1. The Balaban J connectivity index is 1.78. The molecule has 0 N–H and O–H groups in total. The minimum Gasteiger partial charge on any atom is -0.260 e. The molecule has 152 valence electrons. The molecule has 28 heavy (non-hydrogen) atoms. The Hall–Kier alpha value is -1.74. The Morgan fingerprint density at radius 3 is 1.29 bits per heavy atom. The first-order chi connectivity index (χ1) is 13.2. The summed E-state index contributed by atoms with van der Waals surface area (Å²) in [4.78, 5) is 0.0904. The van der Waals surface area contributed by atoms with Crippen molar-refractivity contribution < 1.29 is 25.2 Å². The zero-order chi connectivity index (χ0) is 20.4. The van der Waals surface area contributed by atoms with Crippen LogP contribution in [0.5, 0.6) is 0 Å². The molecule has 0 bridgehead atoms. The third kappa shape index (κ3) is 5.00. The first-order valence-corrected chi connectivity index (χ1v) is 12.0. The molecule has 1 fully saturated rings. The van der Waals surface area contributed by atoms with Gasteiger partial charge in [0.1, 0.15) is 12.2 Å². The van der Waals surface area contributed by atoms with Gasteiger partial charge in [-0.05, 0) is 51.0 Å². The second kappa shape index (κ2) is 8.32. The van der Waals surface area contributed by atoms with E-state index in [0.717, 1.165) is 24.0 Å². The number of benzene rings is 2. The lowest BCUT2D eigenvalue weighted by atomic mass is 9.95. The van der Waals surface area contributed by atoms with Crippen molar-refractivity contribution in [3.05, 3.63) is 59.7 Å². The van der Waals surface area contributed by atoms with Crippen LogP contribution < -0.4 is 0 Å². The molecule has 0 aromatic heterocycles. The van der Waals surface area contributed by atoms with Gasteiger partial charge in [0, 0.05) is 0 Å². The minimum absolute atomic E-state index is 0.0452. The smallest absolute Gasteiger partial charge is 0.260 e. The summed E-state index contributed by atoms with van der Waals surface area (Å²) in [6.45, 7) is 3.72. The zero-order valence-corrected chi connectivity index (χ0v) is 17.5. The van der Waals surface area contributed by atoms with E-state index in [-0.39, 0.29) is 9.79 Å². The van der Waals surface area contributed by atoms with Crippen molar-refractivity contribution in [1.29, 1.82) is 0 Å². The molecule has 1 saturated carbocycles. The van der Waals surface area contributed by atoms with Crippen LogP contribution in [0.15, 0.2) is 58.3 Å². The molecule has 8 heteroatoms. The summed E-state index contributed by atoms with van der Waals surface area (Å²) in [7, 11) is -8.02. The Kier molecular flexibility index (Phi) is 6.24. The first-order valence-electron chi connectivity index (χ1n) is 9.17. The molecule has 0 radical (unpaired) electrons. The van der Waals surface area contributed by atoms with Crippen molar-refractivity contribution in [2.75, 3.05) is 0 Å². The molecule has 0 aliphatic heterocycles. The molecule has 0 saturated heterocycles. The molecule has 6 nitrogen and oxygen atoms in total. The van der Waals surface area contributed by atoms with Gasteiger partial charge in [0.15, 0.2) is 0 Å². The van der Waals surface area contributed by atoms with E-state index >= 15 is 0 Å². The van der Waals surface area contributed by atoms with Gasteiger partial charge in [-0.25, -0.2) is 0 Å². The van der Waals surface area contributed by atoms with Crippen LogP contribution in [-0.2, 0) is 28.6 Å². The topological polar surface area (TPSA) is 86.7 Å². The lowest BCUT2D eigenvalue weighted by Crippen LogP contribution is -2.37. The van der Waals surface area contributed by atoms with Gasteiger partial charge < -0.3 is 0 Å². The molecular weight excluding hydrogens is 400 g/mol. The van der Waals surface area contributed by atoms with Crippen LogP contribution >= 0.6 is 0 Å². The Bertz CT molecular complexity index is 924. The van der Waals surface area contributed by atoms with Crippen LogP contribution in [0.25, 0.3) is 0 Å². The molecule has 0 spiro atoms. The monoisotopic (exact) mass is 424 g/mol. The third-order valence-corrected chi connectivity index (χ3v) is 7.46. The lowest BCUT2D eigenvalue weighted by molar-refractivity contribution is 0.0311. The Labute approximate surface area is 166 Å². The van der Waals surface area contributed by atoms with Crippen molar-refractivity contribution >= 4 is 20.2 Å². The summed E-state index contributed by atoms with van der Waals surface area (Å²) in [6, 6.07) is 12.7. The van der Waals surface area contributed by atoms with Crippen LogP contribution in [0.3, 0.4) is 0 Å². The predicted octanol–water partition coefficient (Wildman–Crippen LogP) is 3.73. The van der Waals surface area contributed by atoms with Crippen LogP contribution in [0.1, 0.15) is 36.8 Å². The Morgan fingerprint density at radius 1 is 0.643 bits per heavy atom. The van der Waals surface area contributed by atoms with Crippen molar-refractivity contribution in [1.82, 2.24) is 0 Å². The maximum Gasteiger partial charge on any atom is 0.297 e. The molecule has 3 rings (SSSR count). The van der Waals surface area contributed by atoms with E-state index in [4.69, 9.17) is 8.37 Å². The normalized spacial score (nSPS) is 20.8. The van der Waals surface area contributed by atoms with Crippen LogP contribution in [0.4, 0.5) is 0 Å². The summed E-state index contributed by atoms with van der Waals surface area (Å²) in [5, 5.41) is 0. The fourth-order valence-corrected chi connectivity index (χ4v) is 5.38. The van der Waals surface area contributed by atoms with E-state index in [1.54, 1.807) is 24.3 Å². The number of hydrogen-bond acceptors (Lipinski definition) is 6. The summed E-state index contributed by atoms with van der Waals surface area (Å²) < 4.78 is 61.2. The third-order valence-electron chi connectivity index (χ3n) is 4.76. The van der Waals surface area contributed by atoms with E-state index in [1.165, 1.54) is 24.3 Å². The fraction of sp³-hybridized carbons (Fsp3) is 0.400. The second-order valence-electron chi connectivity index (χ2n) is 7.09. The molecule has 2 aromatic rings. The molecule has 0 amide bonds. The molecule has 0 heterocycles. The molecule has 2 aromatic carbocycles. The minimum atomic E-state index is -4.01. The van der Waals surface area contributed by atoms with E-state index in [9.17, 15) is 16.8 Å². The zero-order valence-electron chi connectivity index (χ0n) is 15.9. The van der Waals surface area contributed by atoms with Gasteiger partial charge in [-0.2, -0.15) is 16.8 Å². The van der Waals surface area contributed by atoms with E-state index < -0.39 is 32.4 Å². The molecule has 1 aliphatic rings. The average Bonchev–Trinajstić information content (AvgIpc) is 2.64. The van der Waals surface area contributed by atoms with Crippen LogP contribution in [0, 0.1) is 13.8 Å². The van der Waals surface area contributed by atoms with Crippen molar-refractivity contribution in [3.63, 3.8) is 0 Å². The van der Waals surface area contributed by atoms with E-state index in [0.29, 0.717) is 12.8 Å². The summed E-state index contributed by atoms with van der Waals surface area (Å²) in [5.41, 5.74) is 1.86. The van der Waals surface area contributed by atoms with Gasteiger partial charge in [-0.15, -0.1) is 0 Å². The number of hydrogen-bond donors (Lipinski definition) is 0. The van der Waals surface area contributed by atoms with Crippen molar-refractivity contribution in [2.45, 2.75) is 61.5 Å². The van der Waals surface area contributed by atoms with Crippen LogP contribution in [0.2, 0.25) is 0 Å². The maximum absolute atomic E-state index is 12.6. The first kappa shape index (κ1) is 21.0. The molecular formula is C20H24O6S2. The number of rotatable bonds is 6. The van der Waals surface area contributed by atoms with Crippen molar-refractivity contribution in [3.8, 4) is 0 Å². The summed E-state index contributed by atoms with van der Waals surface area (Å²) in [6.07, 6.45) is 0.635. The SMILES string of the molecule is Cc1ccc(S(=O)(=O)O[C@@H]2CCCC[C@H]2OS(=O)(=O)c2ccc(C)cc2)cc1. The molecule has 1 aliphatic carbocycles. The van der Waals surface area contributed by atoms with Crippen molar-refractivity contribution in [2.24, 2.45) is 0 Å². The van der Waals surface area contributed by atoms with Gasteiger partial charge in [0.2, 0.25) is 0 Å². The second-order valence-corrected chi connectivity index (χ2v) is 10.2. The van der Waals surface area contributed by atoms with E-state index in [1.807, 2.05) is 13.8 Å². The lowest BCUT2D eigenvalue weighted by Gasteiger charge is -2.30. The van der Waals surface area contributed by atoms with Gasteiger partial charge in [0.25, 0.3) is 20.2 Å². The van der Waals surface area contributed by atoms with E-state index in [2.05, 4.69) is 0 Å². The quantitative estimate of drug-likeness (QED) is 0.657. The highest BCUT2D eigenvalue weighted by molar-refractivity contribution is 7.87. The summed E-state index contributed by atoms with van der Waals surface area (Å²) in [5.74, 6) is 0. The summed E-state index contributed by atoms with van der Waals surface area (Å²) >= 11 is 0. The highest BCUT2D eigenvalue weighted by Crippen LogP contribution is 2.30. The van der Waals surface area contributed by atoms with Gasteiger partial charge in [-0.3, -0.25) is 8.37 Å². The highest BCUT2D eigenvalue weighted by Gasteiger charge is 2.35. The van der Waals surface area contributed by atoms with Gasteiger partial charge in [-0.1, -0.05) is 48.2 Å². The molecule has 0 unspecified atom stereocenters. The highest BCUT2D eigenvalue weighted by atomic mass is 32.2. The maximum atomic E-state index is 12.6. The van der Waals surface area contributed by atoms with Gasteiger partial charge in [0.05, 0.1) is 9.79 Å². The predicted molar refractivity (Wildman–Crippen MR) is 105 cm³/mol. The number of aryl methyl sites for hydroxylation is 2. The molecule has 2 atom stereocenters. The van der Waals surface area contributed by atoms with Gasteiger partial charge >= 0.3 is 0 Å². The average molecular weight is 425 g/mol. The Morgan fingerprint density at radius 2 is 0.964 bits per heavy atom. The largest absolute Gasteiger partial charge is 0.297 e. The van der Waals surface area contributed by atoms with Crippen LogP contribution in [-0.4, -0.2) is 29.0 Å². The fourth-order valence-electron chi connectivity index (χ4n) is 3.13.